The molecular weight excluding hydrogens is 1630 g/mol. The summed E-state index contributed by atoms with van der Waals surface area (Å²) in [5.41, 5.74) is 44.5. The number of rotatable bonds is 78. The number of ether oxygens (including phenoxy) is 4. The lowest BCUT2D eigenvalue weighted by Crippen LogP contribution is -2.53. The molecule has 0 aromatic carbocycles. The number of unbranched alkanes of at least 4 members (excludes halogenated alkanes) is 27. The molecule has 0 spiro atoms. The third kappa shape index (κ3) is 63.2. The third-order valence-electron chi connectivity index (χ3n) is 21.1. The molecule has 0 unspecified atom stereocenters. The zero-order valence-corrected chi connectivity index (χ0v) is 76.7. The molecule has 0 radical (unpaired) electrons. The number of nitrogens with one attached hydrogen (secondary N) is 16. The van der Waals surface area contributed by atoms with Gasteiger partial charge in [0.05, 0.1) is 5.68 Å². The van der Waals surface area contributed by atoms with Crippen molar-refractivity contribution in [1.82, 2.24) is 81.0 Å². The Balaban J connectivity index is 4.43. The lowest BCUT2D eigenvalue weighted by molar-refractivity contribution is -0.132. The molecule has 45 heteroatoms. The Morgan fingerprint density at radius 1 is 0.272 bits per heavy atom. The Hall–Kier alpha value is -9.45. The van der Waals surface area contributed by atoms with E-state index in [0.29, 0.717) is 169 Å². The number of nitrogens with two attached hydrogens (primary N) is 8. The van der Waals surface area contributed by atoms with Gasteiger partial charge in [-0.25, -0.2) is 33.2 Å². The summed E-state index contributed by atoms with van der Waals surface area (Å²) in [6, 6.07) is 0. The summed E-state index contributed by atoms with van der Waals surface area (Å²) in [5, 5.41) is 83.4. The Kier molecular flexibility index (Phi) is 67.9. The fourth-order valence-electron chi connectivity index (χ4n) is 14.2. The fourth-order valence-corrected chi connectivity index (χ4v) is 17.3. The first kappa shape index (κ1) is 114. The first-order valence-corrected chi connectivity index (χ1v) is 47.6. The molecule has 5 amide bonds. The smallest absolute Gasteiger partial charge is 0.409 e. The SMILES string of the molecule is BC(=O)CCCCCCC(=O)N1CCN(P(=O)(N(CCOC(=O)N(CCCCCCNC(=N)N)CCCCCCNC(=N)N)CCOC(=O)N(CCCCCCNC(=N)N)CCCCCCNC(=N)N)N(CCOC(=O)N(CCCCCCNC(=N)N)CCCCCCNC(=N)N)CCOC(=O)N(CCCCCCNC(=N)N)CCCCCCNC(=N)N)CC1. The molecule has 0 atom stereocenters. The van der Waals surface area contributed by atoms with E-state index in [1.165, 1.54) is 0 Å². The van der Waals surface area contributed by atoms with Crippen LogP contribution < -0.4 is 88.4 Å². The first-order chi connectivity index (χ1) is 60.1. The molecule has 32 N–H and O–H groups in total. The van der Waals surface area contributed by atoms with E-state index in [1.54, 1.807) is 46.4 Å². The van der Waals surface area contributed by atoms with E-state index in [1.807, 2.05) is 0 Å². The molecule has 1 fully saturated rings. The van der Waals surface area contributed by atoms with Gasteiger partial charge in [-0.05, 0) is 122 Å². The van der Waals surface area contributed by atoms with Gasteiger partial charge in [-0.3, -0.25) is 52.6 Å². The summed E-state index contributed by atoms with van der Waals surface area (Å²) >= 11 is 0. The van der Waals surface area contributed by atoms with E-state index in [9.17, 15) is 28.8 Å². The Bertz CT molecular complexity index is 2650. The van der Waals surface area contributed by atoms with Crippen molar-refractivity contribution in [3.05, 3.63) is 0 Å². The molecular formula is C80H166BN32O11P. The van der Waals surface area contributed by atoms with Crippen molar-refractivity contribution < 1.29 is 52.3 Å². The van der Waals surface area contributed by atoms with E-state index in [0.717, 1.165) is 173 Å². The number of guanidine groups is 8. The average molecular weight is 1790 g/mol. The molecule has 0 aliphatic carbocycles. The predicted octanol–water partition coefficient (Wildman–Crippen LogP) is 4.45. The van der Waals surface area contributed by atoms with Crippen LogP contribution >= 0.6 is 7.59 Å². The number of carbonyl (C=O) groups is 6. The van der Waals surface area contributed by atoms with Crippen molar-refractivity contribution in [1.29, 1.82) is 43.3 Å². The van der Waals surface area contributed by atoms with E-state index in [2.05, 4.69) is 42.5 Å². The molecule has 1 aliphatic rings. The Morgan fingerprint density at radius 3 is 0.648 bits per heavy atom. The highest BCUT2D eigenvalue weighted by Crippen LogP contribution is 2.56. The standard InChI is InChI=1S/C80H166BN32O11P/c81-67(114)37-19-1-2-20-38-68(115)106-55-57-111(58-56-106)125(120,112(59-63-121-77(116)107(47-29-11-3-21-39-98-69(82)83)48-30-12-4-22-40-99-70(84)85)60-64-122-78(117)108(49-31-13-5-23-41-100-71(86)87)50-32-14-6-24-42-101-72(88)89)113(61-65-123-79(118)109(51-33-15-7-25-43-102-73(90)91)52-34-16-8-26-44-103-74(92)93)62-66-124-80(119)110(53-35-17-9-27-45-104-75(94)95)54-36-18-10-28-46-105-76(96)97/h1-66,81H2,(H4,82,83,98)(H4,84,85,99)(H4,86,87,100)(H4,88,89,101)(H4,90,91,102)(H4,92,93,103)(H4,94,95,104)(H4,96,97,105). The maximum atomic E-state index is 18.0. The van der Waals surface area contributed by atoms with Crippen LogP contribution in [0.5, 0.6) is 0 Å². The van der Waals surface area contributed by atoms with Gasteiger partial charge in [0.25, 0.3) is 7.59 Å². The van der Waals surface area contributed by atoms with Crippen LogP contribution in [0.25, 0.3) is 0 Å². The molecule has 0 saturated carbocycles. The average Bonchev–Trinajstić information content (AvgIpc) is 0.771. The van der Waals surface area contributed by atoms with Gasteiger partial charge >= 0.3 is 24.4 Å². The summed E-state index contributed by atoms with van der Waals surface area (Å²) < 4.78 is 48.3. The summed E-state index contributed by atoms with van der Waals surface area (Å²) in [4.78, 5) is 93.6. The second kappa shape index (κ2) is 74.8. The highest BCUT2D eigenvalue weighted by atomic mass is 31.2. The molecule has 0 bridgehead atoms. The second-order valence-electron chi connectivity index (χ2n) is 31.8. The summed E-state index contributed by atoms with van der Waals surface area (Å²) in [5.74, 6) is -1.01. The number of piperazine rings is 1. The highest BCUT2D eigenvalue weighted by molar-refractivity contribution is 7.56. The van der Waals surface area contributed by atoms with Gasteiger partial charge in [0.1, 0.15) is 26.4 Å². The Labute approximate surface area is 745 Å². The third-order valence-corrected chi connectivity index (χ3v) is 24.5. The van der Waals surface area contributed by atoms with Gasteiger partial charge < -0.3 is 137 Å². The predicted molar refractivity (Wildman–Crippen MR) is 499 cm³/mol. The minimum atomic E-state index is -4.44. The van der Waals surface area contributed by atoms with Crippen molar-refractivity contribution in [2.24, 2.45) is 45.9 Å². The zero-order valence-electron chi connectivity index (χ0n) is 75.8. The largest absolute Gasteiger partial charge is 0.448 e. The monoisotopic (exact) mass is 1790 g/mol. The molecule has 1 saturated heterocycles. The number of nitrogens with zero attached hydrogens (tertiary/aromatic N) is 8. The van der Waals surface area contributed by atoms with Crippen LogP contribution in [0, 0.1) is 43.3 Å². The van der Waals surface area contributed by atoms with Gasteiger partial charge in [0.15, 0.2) is 55.5 Å². The molecule has 1 aliphatic heterocycles. The van der Waals surface area contributed by atoms with Crippen LogP contribution in [0.3, 0.4) is 0 Å². The molecule has 43 nitrogen and oxygen atoms in total. The van der Waals surface area contributed by atoms with Crippen molar-refractivity contribution in [2.75, 3.05) is 184 Å². The number of amides is 5. The van der Waals surface area contributed by atoms with Crippen molar-refractivity contribution in [3.63, 3.8) is 0 Å². The lowest BCUT2D eigenvalue weighted by Gasteiger charge is -2.47. The Morgan fingerprint density at radius 2 is 0.456 bits per heavy atom. The summed E-state index contributed by atoms with van der Waals surface area (Å²) in [6.45, 7) is 5.42. The van der Waals surface area contributed by atoms with Crippen LogP contribution in [0.15, 0.2) is 0 Å². The second-order valence-corrected chi connectivity index (χ2v) is 34.5. The minimum absolute atomic E-state index is 0.0629. The van der Waals surface area contributed by atoms with Gasteiger partial charge in [0.2, 0.25) is 5.91 Å². The number of hydrogen-bond acceptors (Lipinski definition) is 19. The maximum Gasteiger partial charge on any atom is 0.409 e. The zero-order chi connectivity index (χ0) is 92.4. The van der Waals surface area contributed by atoms with Crippen molar-refractivity contribution in [2.45, 2.75) is 244 Å². The molecule has 0 aromatic heterocycles. The molecule has 1 rings (SSSR count). The summed E-state index contributed by atoms with van der Waals surface area (Å²) in [7, 11) is -2.88. The van der Waals surface area contributed by atoms with E-state index < -0.39 is 32.0 Å². The number of hydrogen-bond donors (Lipinski definition) is 24. The van der Waals surface area contributed by atoms with E-state index in [-0.39, 0.29) is 144 Å². The lowest BCUT2D eigenvalue weighted by atomic mass is 9.96. The highest BCUT2D eigenvalue weighted by Gasteiger charge is 2.45. The van der Waals surface area contributed by atoms with Crippen LogP contribution in [0.1, 0.15) is 244 Å². The normalized spacial score (nSPS) is 12.4. The van der Waals surface area contributed by atoms with Crippen molar-refractivity contribution in [3.8, 4) is 0 Å². The number of carbonyl (C=O) groups excluding carboxylic acids is 6. The molecule has 720 valence electrons. The van der Waals surface area contributed by atoms with Gasteiger partial charge in [-0.1, -0.05) is 116 Å². The first-order valence-electron chi connectivity index (χ1n) is 46.0. The van der Waals surface area contributed by atoms with Gasteiger partial charge in [-0.2, -0.15) is 0 Å². The molecule has 0 aromatic rings. The van der Waals surface area contributed by atoms with Gasteiger partial charge in [0, 0.05) is 163 Å². The van der Waals surface area contributed by atoms with Crippen molar-refractivity contribution >= 4 is 99.1 Å². The van der Waals surface area contributed by atoms with Crippen LogP contribution in [-0.2, 0) is 33.1 Å². The molecule has 1 heterocycles. The topological polar surface area (TPSA) is 678 Å². The van der Waals surface area contributed by atoms with E-state index >= 15 is 4.57 Å². The minimum Gasteiger partial charge on any atom is -0.448 e. The molecule has 125 heavy (non-hydrogen) atoms. The quantitative estimate of drug-likeness (QED) is 0.00999. The van der Waals surface area contributed by atoms with Crippen LogP contribution in [0.4, 0.5) is 19.2 Å². The maximum absolute atomic E-state index is 18.0. The summed E-state index contributed by atoms with van der Waals surface area (Å²) in [6.07, 6.45) is 24.8. The van der Waals surface area contributed by atoms with E-state index in [4.69, 9.17) is 108 Å². The van der Waals surface area contributed by atoms with Crippen LogP contribution in [-0.4, -0.2) is 313 Å². The van der Waals surface area contributed by atoms with Gasteiger partial charge in [-0.15, -0.1) is 0 Å². The van der Waals surface area contributed by atoms with Crippen LogP contribution in [0.2, 0.25) is 0 Å². The fraction of sp³-hybridized carbons (Fsp3) is 0.825.